The highest BCUT2D eigenvalue weighted by Gasteiger charge is 2.19. The first kappa shape index (κ1) is 54.0. The van der Waals surface area contributed by atoms with E-state index < -0.39 is 15.2 Å². The molecule has 1 unspecified atom stereocenters. The summed E-state index contributed by atoms with van der Waals surface area (Å²) in [6, 6.07) is 103. The third-order valence-corrected chi connectivity index (χ3v) is 22.4. The predicted molar refractivity (Wildman–Crippen MR) is 327 cm³/mol. The van der Waals surface area contributed by atoms with Gasteiger partial charge in [0.1, 0.15) is 11.5 Å². The van der Waals surface area contributed by atoms with Gasteiger partial charge in [-0.05, 0) is 96.0 Å². The van der Waals surface area contributed by atoms with Crippen molar-refractivity contribution in [1.29, 1.82) is 0 Å². The smallest absolute Gasteiger partial charge is 0.129 e. The van der Waals surface area contributed by atoms with Gasteiger partial charge in [-0.1, -0.05) is 300 Å². The number of hydrogen-bond acceptors (Lipinski definition) is 2. The van der Waals surface area contributed by atoms with E-state index >= 15 is 0 Å². The van der Waals surface area contributed by atoms with Gasteiger partial charge in [-0.25, -0.2) is 0 Å². The molecule has 0 heterocycles. The summed E-state index contributed by atoms with van der Waals surface area (Å²) in [6.07, 6.45) is 2.41. The van der Waals surface area contributed by atoms with E-state index in [0.717, 1.165) is 16.8 Å². The van der Waals surface area contributed by atoms with Crippen molar-refractivity contribution in [3.63, 3.8) is 0 Å². The van der Waals surface area contributed by atoms with E-state index in [2.05, 4.69) is 246 Å². The summed E-state index contributed by atoms with van der Waals surface area (Å²) in [6.45, 7) is 0. The molecule has 0 radical (unpaired) electrons. The van der Waals surface area contributed by atoms with Gasteiger partial charge in [-0.2, -0.15) is 0 Å². The van der Waals surface area contributed by atoms with Gasteiger partial charge < -0.3 is 9.47 Å². The minimum absolute atomic E-state index is 0.348. The van der Waals surface area contributed by atoms with Crippen LogP contribution in [0.3, 0.4) is 0 Å². The summed E-state index contributed by atoms with van der Waals surface area (Å²) in [4.78, 5) is 0. The monoisotopic (exact) mass is 1050 g/mol. The third kappa shape index (κ3) is 16.4. The minimum atomic E-state index is -0.699. The Morgan fingerprint density at radius 1 is 0.292 bits per heavy atom. The maximum atomic E-state index is 6.40. The summed E-state index contributed by atoms with van der Waals surface area (Å²) in [5, 5.41) is 13.4. The lowest BCUT2D eigenvalue weighted by Gasteiger charge is -2.24. The molecule has 0 fully saturated rings. The molecule has 10 aromatic rings. The Kier molecular flexibility index (Phi) is 22.7. The van der Waals surface area contributed by atoms with E-state index in [-0.39, 0.29) is 15.8 Å². The van der Waals surface area contributed by atoms with Crippen LogP contribution in [0.2, 0.25) is 0 Å². The molecule has 8 heteroatoms. The zero-order chi connectivity index (χ0) is 50.0. The van der Waals surface area contributed by atoms with Crippen molar-refractivity contribution in [1.82, 2.24) is 0 Å². The van der Waals surface area contributed by atoms with E-state index in [1.54, 1.807) is 14.2 Å². The van der Waals surface area contributed by atoms with Gasteiger partial charge in [0, 0.05) is 0 Å². The normalized spacial score (nSPS) is 10.6. The Hall–Kier alpha value is -5.76. The summed E-state index contributed by atoms with van der Waals surface area (Å²) >= 11 is 6.40. The molecule has 72 heavy (non-hydrogen) atoms. The lowest BCUT2D eigenvalue weighted by atomic mass is 10.3. The highest BCUT2D eigenvalue weighted by Crippen LogP contribution is 2.41. The maximum Gasteiger partial charge on any atom is 0.129 e. The average molecular weight is 1050 g/mol. The quantitative estimate of drug-likeness (QED) is 0.101. The molecule has 0 aliphatic rings. The van der Waals surface area contributed by atoms with Crippen LogP contribution < -0.4 is 62.5 Å². The topological polar surface area (TPSA) is 18.5 Å². The fraction of sp³-hybridized carbons (Fsp3) is 0.0625. The Morgan fingerprint density at radius 3 is 0.722 bits per heavy atom. The van der Waals surface area contributed by atoms with E-state index in [1.807, 2.05) is 54.6 Å². The van der Waals surface area contributed by atoms with Crippen LogP contribution in [0.1, 0.15) is 0 Å². The fourth-order valence-corrected chi connectivity index (χ4v) is 17.7. The molecule has 0 aromatic heterocycles. The van der Waals surface area contributed by atoms with Crippen molar-refractivity contribution in [3.05, 3.63) is 291 Å². The van der Waals surface area contributed by atoms with E-state index in [1.165, 1.54) is 60.1 Å². The van der Waals surface area contributed by atoms with E-state index in [4.69, 9.17) is 20.7 Å². The van der Waals surface area contributed by atoms with Gasteiger partial charge in [-0.15, -0.1) is 0 Å². The Bertz CT molecular complexity index is 2680. The van der Waals surface area contributed by atoms with Crippen LogP contribution in [0.5, 0.6) is 11.5 Å². The van der Waals surface area contributed by atoms with Crippen LogP contribution in [0, 0.1) is 0 Å². The van der Waals surface area contributed by atoms with Crippen molar-refractivity contribution < 1.29 is 9.47 Å². The van der Waals surface area contributed by atoms with Crippen molar-refractivity contribution in [2.45, 2.75) is 0 Å². The van der Waals surface area contributed by atoms with E-state index in [0.29, 0.717) is 0 Å². The van der Waals surface area contributed by atoms with Gasteiger partial charge in [-0.3, -0.25) is 0 Å². The maximum absolute atomic E-state index is 6.40. The van der Waals surface area contributed by atoms with Gasteiger partial charge >= 0.3 is 0 Å². The van der Waals surface area contributed by atoms with Gasteiger partial charge in [0.25, 0.3) is 0 Å². The molecule has 0 N–H and O–H groups in total. The lowest BCUT2D eigenvalue weighted by molar-refractivity contribution is 0.401. The molecule has 0 saturated carbocycles. The van der Waals surface area contributed by atoms with Crippen molar-refractivity contribution >= 4 is 105 Å². The first-order chi connectivity index (χ1) is 35.5. The molecule has 10 aromatic carbocycles. The van der Waals surface area contributed by atoms with Crippen molar-refractivity contribution in [3.8, 4) is 11.5 Å². The molecular formula is C64H60ClO2P5. The van der Waals surface area contributed by atoms with Crippen LogP contribution in [0.4, 0.5) is 0 Å². The molecule has 0 saturated heterocycles. The fourth-order valence-electron chi connectivity index (χ4n) is 7.77. The molecular weight excluding hydrogens is 991 g/mol. The zero-order valence-corrected chi connectivity index (χ0v) is 46.2. The molecule has 0 spiro atoms. The highest BCUT2D eigenvalue weighted by molar-refractivity contribution is 7.95. The van der Waals surface area contributed by atoms with Gasteiger partial charge in [0.15, 0.2) is 0 Å². The first-order valence-corrected chi connectivity index (χ1v) is 31.0. The second kappa shape index (κ2) is 30.3. The molecule has 0 amide bonds. The second-order valence-electron chi connectivity index (χ2n) is 16.0. The summed E-state index contributed by atoms with van der Waals surface area (Å²) < 4.78 is 10.2. The van der Waals surface area contributed by atoms with Gasteiger partial charge in [0.2, 0.25) is 0 Å². The standard InChI is InChI=1S/C26H24P2.C18H15P.C12H10ClP.C8H11O2P/c1-5-13-23(14-6-1)27(24-15-7-2-8-16-24)21-22-28(25-17-9-3-10-18-25)26-19-11-4-12-20-26;1-4-10-16(11-5-1)19(17-12-6-2-7-13-17)18-14-8-3-9-15-18;13-14(11-7-3-1-4-8-11)12-9-5-2-6-10-12;1-9-6-4-3-5-7(10-2)8(6)11/h1-20H,21-22H2;1-15H;1-10H;3-5H,11H2,1-2H3. The largest absolute Gasteiger partial charge is 0.496 e. The summed E-state index contributed by atoms with van der Waals surface area (Å²) in [5.74, 6) is 1.66. The van der Waals surface area contributed by atoms with Crippen LogP contribution >= 0.6 is 51.5 Å². The first-order valence-electron chi connectivity index (χ1n) is 23.8. The van der Waals surface area contributed by atoms with E-state index in [9.17, 15) is 0 Å². The van der Waals surface area contributed by atoms with Gasteiger partial charge in [0.05, 0.1) is 26.8 Å². The number of halogens is 1. The number of ether oxygens (including phenoxy) is 2. The van der Waals surface area contributed by atoms with Crippen LogP contribution in [0.15, 0.2) is 291 Å². The molecule has 2 nitrogen and oxygen atoms in total. The molecule has 360 valence electrons. The second-order valence-corrected chi connectivity index (χ2v) is 26.1. The van der Waals surface area contributed by atoms with Crippen LogP contribution in [-0.4, -0.2) is 26.5 Å². The Balaban J connectivity index is 0.000000150. The Labute approximate surface area is 440 Å². The zero-order valence-electron chi connectivity index (χ0n) is 40.7. The third-order valence-electron chi connectivity index (χ3n) is 11.3. The van der Waals surface area contributed by atoms with Crippen LogP contribution in [-0.2, 0) is 0 Å². The Morgan fingerprint density at radius 2 is 0.500 bits per heavy atom. The number of rotatable bonds is 14. The highest BCUT2D eigenvalue weighted by atomic mass is 35.7. The minimum Gasteiger partial charge on any atom is -0.496 e. The molecule has 10 rings (SSSR count). The summed E-state index contributed by atoms with van der Waals surface area (Å²) in [7, 11) is 4.03. The molecule has 0 aliphatic heterocycles. The van der Waals surface area contributed by atoms with Crippen molar-refractivity contribution in [2.75, 3.05) is 26.5 Å². The van der Waals surface area contributed by atoms with Crippen LogP contribution in [0.25, 0.3) is 0 Å². The molecule has 0 bridgehead atoms. The van der Waals surface area contributed by atoms with Crippen molar-refractivity contribution in [2.24, 2.45) is 0 Å². The SMILES string of the molecule is COc1cccc(OC)c1P.ClP(c1ccccc1)c1ccccc1.c1ccc(P(CCP(c2ccccc2)c2ccccc2)c2ccccc2)cc1.c1ccc(P(c2ccccc2)c2ccccc2)cc1. The summed E-state index contributed by atoms with van der Waals surface area (Å²) in [5.41, 5.74) is 0. The molecule has 0 aliphatic carbocycles. The average Bonchev–Trinajstić information content (AvgIpc) is 3.47. The number of hydrogen-bond donors (Lipinski definition) is 0. The number of methoxy groups -OCH3 is 2. The predicted octanol–water partition coefficient (Wildman–Crippen LogP) is 13.2. The molecule has 1 atom stereocenters. The lowest BCUT2D eigenvalue weighted by Crippen LogP contribution is -2.20. The number of benzene rings is 10.